The molecular weight excluding hydrogens is 196 g/mol. The van der Waals surface area contributed by atoms with E-state index in [1.807, 2.05) is 18.4 Å². The fourth-order valence-corrected chi connectivity index (χ4v) is 1.96. The number of nitrogens with zero attached hydrogens (tertiary/aromatic N) is 2. The molecule has 2 rings (SSSR count). The first-order valence-electron chi connectivity index (χ1n) is 5.03. The van der Waals surface area contributed by atoms with Crippen LogP contribution in [0.2, 0.25) is 0 Å². The zero-order valence-electron chi connectivity index (χ0n) is 8.86. The molecule has 0 aromatic carbocycles. The maximum atomic E-state index is 10.7. The third kappa shape index (κ3) is 1.69. The number of fused-ring (bicyclic) bond motifs is 1. The summed E-state index contributed by atoms with van der Waals surface area (Å²) in [5, 5.41) is 8.77. The van der Waals surface area contributed by atoms with Gasteiger partial charge in [0, 0.05) is 5.69 Å². The van der Waals surface area contributed by atoms with Gasteiger partial charge in [-0.2, -0.15) is 4.98 Å². The third-order valence-electron chi connectivity index (χ3n) is 2.46. The Balaban J connectivity index is 2.41. The molecule has 0 fully saturated rings. The Labute approximate surface area is 87.7 Å². The Morgan fingerprint density at radius 2 is 2.40 bits per heavy atom. The molecule has 0 saturated heterocycles. The number of imidazole rings is 1. The van der Waals surface area contributed by atoms with Crippen LogP contribution in [0.1, 0.15) is 31.2 Å². The van der Waals surface area contributed by atoms with Crippen LogP contribution in [0, 0.1) is 0 Å². The average molecular weight is 210 g/mol. The summed E-state index contributed by atoms with van der Waals surface area (Å²) in [4.78, 5) is 14.9. The molecule has 0 atom stereocenters. The van der Waals surface area contributed by atoms with Crippen molar-refractivity contribution in [2.24, 2.45) is 0 Å². The van der Waals surface area contributed by atoms with Gasteiger partial charge in [-0.15, -0.1) is 0 Å². The summed E-state index contributed by atoms with van der Waals surface area (Å²) in [5.74, 6) is -0.587. The van der Waals surface area contributed by atoms with E-state index in [4.69, 9.17) is 9.84 Å². The number of rotatable bonds is 3. The van der Waals surface area contributed by atoms with Crippen LogP contribution < -0.4 is 4.74 Å². The van der Waals surface area contributed by atoms with Crippen LogP contribution in [0.5, 0.6) is 6.01 Å². The molecule has 5 nitrogen and oxygen atoms in total. The minimum absolute atomic E-state index is 0.0309. The van der Waals surface area contributed by atoms with Crippen LogP contribution in [-0.4, -0.2) is 27.2 Å². The molecule has 0 saturated carbocycles. The lowest BCUT2D eigenvalue weighted by atomic mass is 10.1. The number of aromatic nitrogens is 2. The Morgan fingerprint density at radius 3 is 3.00 bits per heavy atom. The van der Waals surface area contributed by atoms with Crippen molar-refractivity contribution in [3.8, 4) is 6.01 Å². The van der Waals surface area contributed by atoms with Crippen molar-refractivity contribution >= 4 is 5.97 Å². The molecule has 5 heteroatoms. The second-order valence-electron chi connectivity index (χ2n) is 3.95. The Kier molecular flexibility index (Phi) is 2.38. The van der Waals surface area contributed by atoms with E-state index in [9.17, 15) is 4.79 Å². The van der Waals surface area contributed by atoms with E-state index in [2.05, 4.69) is 4.98 Å². The highest BCUT2D eigenvalue weighted by Crippen LogP contribution is 2.28. The lowest BCUT2D eigenvalue weighted by Gasteiger charge is -2.08. The first-order chi connectivity index (χ1) is 7.09. The minimum atomic E-state index is -0.853. The largest absolute Gasteiger partial charge is 0.481 e. The molecule has 2 heterocycles. The SMILES string of the molecule is CC(C)c1c(CC(=O)O)nc2n1CCO2. The predicted octanol–water partition coefficient (Wildman–Crippen LogP) is 1.03. The van der Waals surface area contributed by atoms with Crippen LogP contribution in [0.25, 0.3) is 0 Å². The summed E-state index contributed by atoms with van der Waals surface area (Å²) in [6.07, 6.45) is -0.0309. The highest BCUT2D eigenvalue weighted by Gasteiger charge is 2.25. The molecule has 1 aromatic heterocycles. The second kappa shape index (κ2) is 3.56. The number of ether oxygens (including phenoxy) is 1. The standard InChI is InChI=1S/C10H14N2O3/c1-6(2)9-7(5-8(13)14)11-10-12(9)3-4-15-10/h6H,3-5H2,1-2H3,(H,13,14). The summed E-state index contributed by atoms with van der Waals surface area (Å²) < 4.78 is 7.29. The van der Waals surface area contributed by atoms with Gasteiger partial charge in [0.2, 0.25) is 0 Å². The number of hydrogen-bond donors (Lipinski definition) is 1. The molecule has 0 radical (unpaired) electrons. The molecule has 0 amide bonds. The Hall–Kier alpha value is -1.52. The summed E-state index contributed by atoms with van der Waals surface area (Å²) in [7, 11) is 0. The predicted molar refractivity (Wildman–Crippen MR) is 53.2 cm³/mol. The fraction of sp³-hybridized carbons (Fsp3) is 0.600. The van der Waals surface area contributed by atoms with Gasteiger partial charge in [0.05, 0.1) is 18.7 Å². The zero-order chi connectivity index (χ0) is 11.0. The van der Waals surface area contributed by atoms with E-state index in [1.165, 1.54) is 0 Å². The van der Waals surface area contributed by atoms with Gasteiger partial charge in [0.25, 0.3) is 6.01 Å². The van der Waals surface area contributed by atoms with Gasteiger partial charge >= 0.3 is 5.97 Å². The second-order valence-corrected chi connectivity index (χ2v) is 3.95. The lowest BCUT2D eigenvalue weighted by molar-refractivity contribution is -0.136. The minimum Gasteiger partial charge on any atom is -0.481 e. The summed E-state index contributed by atoms with van der Waals surface area (Å²) in [6.45, 7) is 5.48. The first kappa shape index (κ1) is 10.0. The van der Waals surface area contributed by atoms with Gasteiger partial charge in [-0.05, 0) is 5.92 Å². The number of hydrogen-bond acceptors (Lipinski definition) is 3. The third-order valence-corrected chi connectivity index (χ3v) is 2.46. The topological polar surface area (TPSA) is 64.3 Å². The Bertz CT molecular complexity index is 396. The summed E-state index contributed by atoms with van der Waals surface area (Å²) >= 11 is 0. The number of aliphatic carboxylic acids is 1. The normalized spacial score (nSPS) is 14.1. The number of carboxylic acid groups (broad SMARTS) is 1. The van der Waals surface area contributed by atoms with Crippen molar-refractivity contribution in [1.29, 1.82) is 0 Å². The van der Waals surface area contributed by atoms with E-state index in [1.54, 1.807) is 0 Å². The van der Waals surface area contributed by atoms with Crippen LogP contribution in [0.15, 0.2) is 0 Å². The van der Waals surface area contributed by atoms with E-state index in [0.717, 1.165) is 12.2 Å². The van der Waals surface area contributed by atoms with Crippen molar-refractivity contribution in [1.82, 2.24) is 9.55 Å². The van der Waals surface area contributed by atoms with E-state index >= 15 is 0 Å². The molecule has 0 aliphatic carbocycles. The van der Waals surface area contributed by atoms with Gasteiger partial charge in [0.15, 0.2) is 0 Å². The maximum absolute atomic E-state index is 10.7. The molecule has 1 aliphatic rings. The monoisotopic (exact) mass is 210 g/mol. The van der Waals surface area contributed by atoms with Crippen LogP contribution in [0.4, 0.5) is 0 Å². The molecule has 0 spiro atoms. The molecule has 0 bridgehead atoms. The van der Waals surface area contributed by atoms with Crippen molar-refractivity contribution in [2.45, 2.75) is 32.7 Å². The number of carboxylic acids is 1. The first-order valence-corrected chi connectivity index (χ1v) is 5.03. The van der Waals surface area contributed by atoms with Crippen LogP contribution >= 0.6 is 0 Å². The van der Waals surface area contributed by atoms with Crippen LogP contribution in [-0.2, 0) is 17.8 Å². The van der Waals surface area contributed by atoms with Gasteiger partial charge in [-0.25, -0.2) is 0 Å². The summed E-state index contributed by atoms with van der Waals surface area (Å²) in [5.41, 5.74) is 1.62. The molecule has 1 aromatic rings. The van der Waals surface area contributed by atoms with Crippen molar-refractivity contribution in [3.05, 3.63) is 11.4 Å². The maximum Gasteiger partial charge on any atom is 0.309 e. The van der Waals surface area contributed by atoms with Gasteiger partial charge in [-0.1, -0.05) is 13.8 Å². The van der Waals surface area contributed by atoms with Crippen molar-refractivity contribution in [3.63, 3.8) is 0 Å². The molecule has 82 valence electrons. The van der Waals surface area contributed by atoms with E-state index in [0.29, 0.717) is 18.3 Å². The zero-order valence-corrected chi connectivity index (χ0v) is 8.86. The molecule has 1 aliphatic heterocycles. The fourth-order valence-electron chi connectivity index (χ4n) is 1.96. The summed E-state index contributed by atoms with van der Waals surface area (Å²) in [6, 6.07) is 0.565. The highest BCUT2D eigenvalue weighted by molar-refractivity contribution is 5.70. The van der Waals surface area contributed by atoms with E-state index in [-0.39, 0.29) is 12.3 Å². The quantitative estimate of drug-likeness (QED) is 0.809. The van der Waals surface area contributed by atoms with E-state index < -0.39 is 5.97 Å². The molecule has 1 N–H and O–H groups in total. The lowest BCUT2D eigenvalue weighted by Crippen LogP contribution is -2.08. The number of carbonyl (C=O) groups is 1. The Morgan fingerprint density at radius 1 is 1.67 bits per heavy atom. The molecule has 15 heavy (non-hydrogen) atoms. The molecule has 0 unspecified atom stereocenters. The molecular formula is C10H14N2O3. The van der Waals surface area contributed by atoms with Crippen molar-refractivity contribution < 1.29 is 14.6 Å². The van der Waals surface area contributed by atoms with Crippen LogP contribution in [0.3, 0.4) is 0 Å². The van der Waals surface area contributed by atoms with Gasteiger partial charge in [-0.3, -0.25) is 9.36 Å². The highest BCUT2D eigenvalue weighted by atomic mass is 16.5. The van der Waals surface area contributed by atoms with Gasteiger partial charge in [0.1, 0.15) is 6.61 Å². The van der Waals surface area contributed by atoms with Crippen molar-refractivity contribution in [2.75, 3.05) is 6.61 Å². The smallest absolute Gasteiger partial charge is 0.309 e. The van der Waals surface area contributed by atoms with Gasteiger partial charge < -0.3 is 9.84 Å². The average Bonchev–Trinajstić information content (AvgIpc) is 2.60.